The summed E-state index contributed by atoms with van der Waals surface area (Å²) in [5.41, 5.74) is 1.38. The lowest BCUT2D eigenvalue weighted by Gasteiger charge is -2.17. The topological polar surface area (TPSA) is 75.1 Å². The van der Waals surface area contributed by atoms with Crippen LogP contribution in [0.4, 0.5) is 10.2 Å². The quantitative estimate of drug-likeness (QED) is 0.522. The first-order chi connectivity index (χ1) is 14.5. The van der Waals surface area contributed by atoms with Crippen LogP contribution in [0.2, 0.25) is 5.02 Å². The van der Waals surface area contributed by atoms with Gasteiger partial charge in [0.25, 0.3) is 0 Å². The molecule has 1 aliphatic carbocycles. The molecule has 2 aromatic heterocycles. The fourth-order valence-electron chi connectivity index (χ4n) is 3.75. The number of thiophene rings is 1. The molecule has 1 fully saturated rings. The van der Waals surface area contributed by atoms with Crippen molar-refractivity contribution in [3.05, 3.63) is 74.8 Å². The van der Waals surface area contributed by atoms with Crippen LogP contribution in [0.5, 0.6) is 0 Å². The first kappa shape index (κ1) is 20.9. The summed E-state index contributed by atoms with van der Waals surface area (Å²) in [6.07, 6.45) is 3.19. The summed E-state index contributed by atoms with van der Waals surface area (Å²) in [6, 6.07) is 10.9. The van der Waals surface area contributed by atoms with Crippen LogP contribution in [0, 0.1) is 5.92 Å². The maximum absolute atomic E-state index is 14.3. The van der Waals surface area contributed by atoms with Crippen molar-refractivity contribution in [1.82, 2.24) is 9.97 Å². The Morgan fingerprint density at radius 3 is 2.93 bits per heavy atom. The van der Waals surface area contributed by atoms with Gasteiger partial charge in [0.05, 0.1) is 16.5 Å². The normalized spacial score (nSPS) is 21.0. The fraction of sp³-hybridized carbons (Fsp3) is 0.318. The van der Waals surface area contributed by atoms with Crippen molar-refractivity contribution in [2.75, 3.05) is 11.9 Å². The van der Waals surface area contributed by atoms with E-state index in [4.69, 9.17) is 11.6 Å². The van der Waals surface area contributed by atoms with Crippen molar-refractivity contribution < 1.29 is 14.3 Å². The molecule has 156 valence electrons. The van der Waals surface area contributed by atoms with Crippen LogP contribution in [-0.4, -0.2) is 39.7 Å². The van der Waals surface area contributed by atoms with Gasteiger partial charge in [0.1, 0.15) is 18.3 Å². The van der Waals surface area contributed by atoms with Gasteiger partial charge < -0.3 is 10.4 Å². The second kappa shape index (κ2) is 9.20. The van der Waals surface area contributed by atoms with E-state index in [1.165, 1.54) is 23.9 Å². The molecule has 8 heteroatoms. The first-order valence-corrected chi connectivity index (χ1v) is 10.9. The molecule has 2 heterocycles. The van der Waals surface area contributed by atoms with Gasteiger partial charge in [-0.25, -0.2) is 14.4 Å². The zero-order chi connectivity index (χ0) is 21.1. The molecule has 1 aromatic carbocycles. The molecule has 3 atom stereocenters. The van der Waals surface area contributed by atoms with Gasteiger partial charge in [-0.3, -0.25) is 4.79 Å². The van der Waals surface area contributed by atoms with Crippen LogP contribution in [0.1, 0.15) is 38.5 Å². The average molecular weight is 446 g/mol. The zero-order valence-corrected chi connectivity index (χ0v) is 17.7. The Labute approximate surface area is 183 Å². The molecule has 0 spiro atoms. The maximum Gasteiger partial charge on any atom is 0.208 e. The molecular weight excluding hydrogens is 425 g/mol. The van der Waals surface area contributed by atoms with Crippen LogP contribution in [0.3, 0.4) is 0 Å². The van der Waals surface area contributed by atoms with E-state index in [9.17, 15) is 14.3 Å². The molecule has 0 radical (unpaired) electrons. The van der Waals surface area contributed by atoms with Crippen LogP contribution < -0.4 is 5.32 Å². The maximum atomic E-state index is 14.3. The number of hydrogen-bond donors (Lipinski definition) is 2. The highest BCUT2D eigenvalue weighted by Gasteiger charge is 2.35. The van der Waals surface area contributed by atoms with Crippen LogP contribution in [0.25, 0.3) is 0 Å². The molecule has 0 bridgehead atoms. The summed E-state index contributed by atoms with van der Waals surface area (Å²) < 4.78 is 14.3. The summed E-state index contributed by atoms with van der Waals surface area (Å²) in [5, 5.41) is 13.0. The summed E-state index contributed by atoms with van der Waals surface area (Å²) in [6.45, 7) is -0.0429. The molecule has 4 rings (SSSR count). The highest BCUT2D eigenvalue weighted by Crippen LogP contribution is 2.31. The number of aliphatic hydroxyl groups excluding tert-OH is 1. The Kier molecular flexibility index (Phi) is 6.41. The van der Waals surface area contributed by atoms with Crippen LogP contribution >= 0.6 is 22.9 Å². The Morgan fingerprint density at radius 1 is 1.30 bits per heavy atom. The Hall–Kier alpha value is -2.35. The number of alkyl halides is 1. The van der Waals surface area contributed by atoms with Crippen molar-refractivity contribution in [2.45, 2.75) is 31.5 Å². The number of carbonyl (C=O) groups excluding carboxylic acids is 1. The number of rotatable bonds is 7. The van der Waals surface area contributed by atoms with Gasteiger partial charge in [-0.05, 0) is 48.6 Å². The Bertz CT molecular complexity index is 1040. The minimum absolute atomic E-state index is 0.0429. The van der Waals surface area contributed by atoms with Gasteiger partial charge in [0.15, 0.2) is 0 Å². The van der Waals surface area contributed by atoms with Crippen molar-refractivity contribution in [3.63, 3.8) is 0 Å². The van der Waals surface area contributed by atoms with Gasteiger partial charge in [-0.2, -0.15) is 0 Å². The van der Waals surface area contributed by atoms with E-state index in [0.29, 0.717) is 40.5 Å². The minimum atomic E-state index is -1.09. The molecule has 3 aromatic rings. The summed E-state index contributed by atoms with van der Waals surface area (Å²) in [4.78, 5) is 22.9. The third-order valence-electron chi connectivity index (χ3n) is 5.27. The summed E-state index contributed by atoms with van der Waals surface area (Å²) in [5.74, 6) is 0.0448. The SMILES string of the molecule is O=C(c1ccc(Cc2cccc(Cl)c2)s1)c1cncnc1N[C@@H]1C[C@H](CO)C[C@@H]1F. The molecule has 30 heavy (non-hydrogen) atoms. The smallest absolute Gasteiger partial charge is 0.208 e. The number of halogens is 2. The number of anilines is 1. The van der Waals surface area contributed by atoms with E-state index in [1.54, 1.807) is 6.07 Å². The number of nitrogens with one attached hydrogen (secondary N) is 1. The van der Waals surface area contributed by atoms with E-state index in [2.05, 4.69) is 15.3 Å². The number of aliphatic hydroxyl groups is 1. The lowest BCUT2D eigenvalue weighted by atomic mass is 10.1. The Morgan fingerprint density at radius 2 is 2.17 bits per heavy atom. The van der Waals surface area contributed by atoms with Crippen molar-refractivity contribution >= 4 is 34.5 Å². The molecule has 0 unspecified atom stereocenters. The standard InChI is InChI=1S/C22H21ClFN3O2S/c23-15-3-1-2-13(6-15)7-16-4-5-20(30-16)21(29)17-10-25-12-26-22(17)27-19-9-14(11-28)8-18(19)24/h1-6,10,12,14,18-19,28H,7-9,11H2,(H,25,26,27)/t14-,18+,19-/m1/s1. The number of carbonyl (C=O) groups is 1. The van der Waals surface area contributed by atoms with E-state index < -0.39 is 12.2 Å². The zero-order valence-electron chi connectivity index (χ0n) is 16.1. The second-order valence-electron chi connectivity index (χ2n) is 7.47. The van der Waals surface area contributed by atoms with E-state index in [0.717, 1.165) is 10.4 Å². The number of aromatic nitrogens is 2. The largest absolute Gasteiger partial charge is 0.396 e. The third kappa shape index (κ3) is 4.69. The van der Waals surface area contributed by atoms with Gasteiger partial charge in [0, 0.05) is 29.1 Å². The van der Waals surface area contributed by atoms with E-state index in [1.807, 2.05) is 30.3 Å². The molecule has 0 aliphatic heterocycles. The summed E-state index contributed by atoms with van der Waals surface area (Å²) >= 11 is 7.46. The molecular formula is C22H21ClFN3O2S. The van der Waals surface area contributed by atoms with E-state index in [-0.39, 0.29) is 18.3 Å². The highest BCUT2D eigenvalue weighted by molar-refractivity contribution is 7.14. The van der Waals surface area contributed by atoms with Gasteiger partial charge in [-0.15, -0.1) is 11.3 Å². The fourth-order valence-corrected chi connectivity index (χ4v) is 4.96. The van der Waals surface area contributed by atoms with Crippen LogP contribution in [0.15, 0.2) is 48.9 Å². The molecule has 2 N–H and O–H groups in total. The van der Waals surface area contributed by atoms with Crippen molar-refractivity contribution in [3.8, 4) is 0 Å². The molecule has 0 amide bonds. The second-order valence-corrected chi connectivity index (χ2v) is 9.08. The van der Waals surface area contributed by atoms with E-state index >= 15 is 0 Å². The van der Waals surface area contributed by atoms with Crippen molar-refractivity contribution in [2.24, 2.45) is 5.92 Å². The predicted octanol–water partition coefficient (Wildman–Crippen LogP) is 4.53. The molecule has 5 nitrogen and oxygen atoms in total. The third-order valence-corrected chi connectivity index (χ3v) is 6.59. The summed E-state index contributed by atoms with van der Waals surface area (Å²) in [7, 11) is 0. The van der Waals surface area contributed by atoms with Gasteiger partial charge >= 0.3 is 0 Å². The number of hydrogen-bond acceptors (Lipinski definition) is 6. The number of nitrogens with zero attached hydrogens (tertiary/aromatic N) is 2. The minimum Gasteiger partial charge on any atom is -0.396 e. The molecule has 1 saturated carbocycles. The molecule has 0 saturated heterocycles. The monoisotopic (exact) mass is 445 g/mol. The number of ketones is 1. The highest BCUT2D eigenvalue weighted by atomic mass is 35.5. The Balaban J connectivity index is 1.51. The van der Waals surface area contributed by atoms with Gasteiger partial charge in [0.2, 0.25) is 5.78 Å². The lowest BCUT2D eigenvalue weighted by molar-refractivity contribution is 0.104. The lowest BCUT2D eigenvalue weighted by Crippen LogP contribution is -2.27. The van der Waals surface area contributed by atoms with Gasteiger partial charge in [-0.1, -0.05) is 23.7 Å². The van der Waals surface area contributed by atoms with Crippen LogP contribution in [-0.2, 0) is 6.42 Å². The predicted molar refractivity (Wildman–Crippen MR) is 116 cm³/mol. The number of benzene rings is 1. The first-order valence-electron chi connectivity index (χ1n) is 9.73. The molecule has 1 aliphatic rings. The average Bonchev–Trinajstić information content (AvgIpc) is 3.34. The van der Waals surface area contributed by atoms with Crippen molar-refractivity contribution in [1.29, 1.82) is 0 Å².